The minimum atomic E-state index is -0.146. The van der Waals surface area contributed by atoms with Gasteiger partial charge in [0, 0.05) is 17.7 Å². The zero-order valence-electron chi connectivity index (χ0n) is 16.2. The molecule has 1 saturated carbocycles. The molecular formula is C21H24N4O4. The Labute approximate surface area is 169 Å². The van der Waals surface area contributed by atoms with Crippen LogP contribution in [0.3, 0.4) is 0 Å². The number of aromatic nitrogens is 2. The van der Waals surface area contributed by atoms with Crippen molar-refractivity contribution in [3.05, 3.63) is 36.5 Å². The smallest absolute Gasteiger partial charge is 0.223 e. The summed E-state index contributed by atoms with van der Waals surface area (Å²) in [6.45, 7) is 0.946. The molecule has 5 rings (SSSR count). The van der Waals surface area contributed by atoms with E-state index in [9.17, 15) is 4.79 Å². The fourth-order valence-electron chi connectivity index (χ4n) is 3.99. The number of hydrogen-bond acceptors (Lipinski definition) is 7. The Morgan fingerprint density at radius 3 is 2.66 bits per heavy atom. The number of para-hydroxylation sites is 1. The maximum atomic E-state index is 12.1. The molecule has 0 radical (unpaired) electrons. The van der Waals surface area contributed by atoms with Crippen LogP contribution in [-0.2, 0) is 14.3 Å². The van der Waals surface area contributed by atoms with E-state index in [4.69, 9.17) is 14.2 Å². The van der Waals surface area contributed by atoms with Crippen LogP contribution in [-0.4, -0.2) is 60.5 Å². The summed E-state index contributed by atoms with van der Waals surface area (Å²) in [6, 6.07) is 9.43. The van der Waals surface area contributed by atoms with Gasteiger partial charge in [-0.3, -0.25) is 4.79 Å². The van der Waals surface area contributed by atoms with E-state index < -0.39 is 0 Å². The van der Waals surface area contributed by atoms with Crippen LogP contribution in [0.15, 0.2) is 36.5 Å². The van der Waals surface area contributed by atoms with Crippen LogP contribution in [0.4, 0.5) is 5.95 Å². The number of benzene rings is 1. The first-order valence-electron chi connectivity index (χ1n) is 9.99. The van der Waals surface area contributed by atoms with E-state index in [0.29, 0.717) is 19.2 Å². The van der Waals surface area contributed by atoms with E-state index in [1.54, 1.807) is 13.3 Å². The highest BCUT2D eigenvalue weighted by molar-refractivity contribution is 5.81. The van der Waals surface area contributed by atoms with Gasteiger partial charge >= 0.3 is 0 Å². The van der Waals surface area contributed by atoms with Gasteiger partial charge in [-0.2, -0.15) is 0 Å². The van der Waals surface area contributed by atoms with E-state index in [1.165, 1.54) is 0 Å². The lowest BCUT2D eigenvalue weighted by Crippen LogP contribution is -2.45. The third-order valence-corrected chi connectivity index (χ3v) is 5.68. The van der Waals surface area contributed by atoms with Gasteiger partial charge in [0.1, 0.15) is 18.0 Å². The molecule has 8 nitrogen and oxygen atoms in total. The third-order valence-electron chi connectivity index (χ3n) is 5.68. The van der Waals surface area contributed by atoms with Gasteiger partial charge in [-0.1, -0.05) is 12.1 Å². The minimum absolute atomic E-state index is 0.0734. The number of rotatable bonds is 6. The molecule has 152 valence electrons. The van der Waals surface area contributed by atoms with Crippen LogP contribution >= 0.6 is 0 Å². The van der Waals surface area contributed by atoms with Crippen LogP contribution in [0.5, 0.6) is 5.75 Å². The zero-order chi connectivity index (χ0) is 19.8. The maximum absolute atomic E-state index is 12.1. The number of nitrogens with one attached hydrogen (secondary N) is 2. The fraction of sp³-hybridized carbons (Fsp3) is 0.476. The first-order valence-corrected chi connectivity index (χ1v) is 9.99. The first kappa shape index (κ1) is 18.3. The lowest BCUT2D eigenvalue weighted by molar-refractivity contribution is -0.123. The number of amides is 1. The number of anilines is 1. The molecule has 1 aromatic heterocycles. The molecular weight excluding hydrogens is 372 g/mol. The number of methoxy groups -OCH3 is 1. The Bertz CT molecular complexity index is 904. The average molecular weight is 396 g/mol. The van der Waals surface area contributed by atoms with E-state index in [-0.39, 0.29) is 36.1 Å². The summed E-state index contributed by atoms with van der Waals surface area (Å²) < 4.78 is 17.3. The SMILES string of the molecule is COc1ccccc1-c1ccnc(N[C@@H]2CO[C@@H]3[C@@H]2OC[C@@H]3NC(=O)C2CC2)n1. The number of ether oxygens (including phenoxy) is 3. The van der Waals surface area contributed by atoms with Gasteiger partial charge in [0.25, 0.3) is 0 Å². The van der Waals surface area contributed by atoms with Crippen molar-refractivity contribution in [2.45, 2.75) is 37.1 Å². The van der Waals surface area contributed by atoms with Crippen molar-refractivity contribution in [3.8, 4) is 17.0 Å². The predicted octanol–water partition coefficient (Wildman–Crippen LogP) is 1.63. The molecule has 3 fully saturated rings. The van der Waals surface area contributed by atoms with Gasteiger partial charge in [0.05, 0.1) is 38.1 Å². The Kier molecular flexibility index (Phi) is 4.81. The predicted molar refractivity (Wildman–Crippen MR) is 106 cm³/mol. The maximum Gasteiger partial charge on any atom is 0.223 e. The number of carbonyl (C=O) groups excluding carboxylic acids is 1. The van der Waals surface area contributed by atoms with Crippen molar-refractivity contribution in [2.24, 2.45) is 5.92 Å². The Morgan fingerprint density at radius 2 is 1.86 bits per heavy atom. The molecule has 0 unspecified atom stereocenters. The lowest BCUT2D eigenvalue weighted by Gasteiger charge is -2.18. The van der Waals surface area contributed by atoms with Crippen LogP contribution in [0.2, 0.25) is 0 Å². The molecule has 29 heavy (non-hydrogen) atoms. The van der Waals surface area contributed by atoms with Crippen molar-refractivity contribution in [1.82, 2.24) is 15.3 Å². The molecule has 4 atom stereocenters. The standard InChI is InChI=1S/C21H24N4O4/c1-27-17-5-3-2-4-13(17)14-8-9-22-21(24-14)25-16-11-29-18-15(10-28-19(16)18)23-20(26)12-6-7-12/h2-5,8-9,12,15-16,18-19H,6-7,10-11H2,1H3,(H,23,26)(H,22,24,25)/t15-,16+,18-,19+/m0/s1. The molecule has 1 amide bonds. The van der Waals surface area contributed by atoms with Crippen molar-refractivity contribution in [1.29, 1.82) is 0 Å². The van der Waals surface area contributed by atoms with Crippen molar-refractivity contribution >= 4 is 11.9 Å². The second-order valence-electron chi connectivity index (χ2n) is 7.70. The van der Waals surface area contributed by atoms with E-state index in [2.05, 4.69) is 20.6 Å². The molecule has 8 heteroatoms. The van der Waals surface area contributed by atoms with E-state index in [0.717, 1.165) is 29.8 Å². The summed E-state index contributed by atoms with van der Waals surface area (Å²) in [5, 5.41) is 6.42. The van der Waals surface area contributed by atoms with Gasteiger partial charge in [-0.25, -0.2) is 9.97 Å². The molecule has 2 aromatic rings. The van der Waals surface area contributed by atoms with Crippen molar-refractivity contribution in [3.63, 3.8) is 0 Å². The quantitative estimate of drug-likeness (QED) is 0.766. The van der Waals surface area contributed by atoms with E-state index in [1.807, 2.05) is 30.3 Å². The second-order valence-corrected chi connectivity index (χ2v) is 7.70. The second kappa shape index (κ2) is 7.61. The molecule has 0 spiro atoms. The minimum Gasteiger partial charge on any atom is -0.496 e. The van der Waals surface area contributed by atoms with Gasteiger partial charge in [-0.15, -0.1) is 0 Å². The highest BCUT2D eigenvalue weighted by atomic mass is 16.6. The van der Waals surface area contributed by atoms with Crippen molar-refractivity contribution < 1.29 is 19.0 Å². The highest BCUT2D eigenvalue weighted by Gasteiger charge is 2.49. The van der Waals surface area contributed by atoms with Gasteiger partial charge < -0.3 is 24.8 Å². The molecule has 0 bridgehead atoms. The molecule has 1 aliphatic carbocycles. The Morgan fingerprint density at radius 1 is 1.10 bits per heavy atom. The normalized spacial score (nSPS) is 28.0. The molecule has 2 aliphatic heterocycles. The van der Waals surface area contributed by atoms with Gasteiger partial charge in [0.2, 0.25) is 11.9 Å². The van der Waals surface area contributed by atoms with Crippen LogP contribution < -0.4 is 15.4 Å². The largest absolute Gasteiger partial charge is 0.496 e. The van der Waals surface area contributed by atoms with Crippen LogP contribution in [0.1, 0.15) is 12.8 Å². The molecule has 2 saturated heterocycles. The summed E-state index contributed by atoms with van der Waals surface area (Å²) in [7, 11) is 1.64. The summed E-state index contributed by atoms with van der Waals surface area (Å²) >= 11 is 0. The molecule has 3 heterocycles. The molecule has 2 N–H and O–H groups in total. The van der Waals surface area contributed by atoms with Gasteiger partial charge in [0.15, 0.2) is 0 Å². The topological polar surface area (TPSA) is 94.6 Å². The average Bonchev–Trinajstić information content (AvgIpc) is 3.43. The van der Waals surface area contributed by atoms with Gasteiger partial charge in [-0.05, 0) is 31.0 Å². The van der Waals surface area contributed by atoms with Crippen molar-refractivity contribution in [2.75, 3.05) is 25.6 Å². The highest BCUT2D eigenvalue weighted by Crippen LogP contribution is 2.33. The summed E-state index contributed by atoms with van der Waals surface area (Å²) in [5.74, 6) is 1.56. The van der Waals surface area contributed by atoms with Crippen LogP contribution in [0, 0.1) is 5.92 Å². The number of carbonyl (C=O) groups is 1. The molecule has 1 aromatic carbocycles. The Balaban J connectivity index is 1.27. The summed E-state index contributed by atoms with van der Waals surface area (Å²) in [6.07, 6.45) is 3.40. The first-order chi connectivity index (χ1) is 14.2. The Hall–Kier alpha value is -2.71. The van der Waals surface area contributed by atoms with E-state index >= 15 is 0 Å². The zero-order valence-corrected chi connectivity index (χ0v) is 16.2. The summed E-state index contributed by atoms with van der Waals surface area (Å²) in [5.41, 5.74) is 1.68. The fourth-order valence-corrected chi connectivity index (χ4v) is 3.99. The number of hydrogen-bond donors (Lipinski definition) is 2. The summed E-state index contributed by atoms with van der Waals surface area (Å²) in [4.78, 5) is 21.1. The number of nitrogens with zero attached hydrogens (tertiary/aromatic N) is 2. The molecule has 3 aliphatic rings. The number of fused-ring (bicyclic) bond motifs is 1. The lowest BCUT2D eigenvalue weighted by atomic mass is 10.1. The van der Waals surface area contributed by atoms with Crippen LogP contribution in [0.25, 0.3) is 11.3 Å². The third kappa shape index (κ3) is 3.65. The monoisotopic (exact) mass is 396 g/mol.